The lowest BCUT2D eigenvalue weighted by atomic mass is 9.98. The van der Waals surface area contributed by atoms with Crippen molar-refractivity contribution < 1.29 is 4.74 Å². The van der Waals surface area contributed by atoms with Crippen molar-refractivity contribution in [2.75, 3.05) is 19.7 Å². The van der Waals surface area contributed by atoms with E-state index in [0.717, 1.165) is 58.5 Å². The topological polar surface area (TPSA) is 75.8 Å². The van der Waals surface area contributed by atoms with Crippen molar-refractivity contribution in [1.82, 2.24) is 20.1 Å². The molecule has 1 aliphatic heterocycles. The van der Waals surface area contributed by atoms with Gasteiger partial charge in [0.25, 0.3) is 0 Å². The number of nitriles is 1. The third kappa shape index (κ3) is 4.00. The maximum Gasteiger partial charge on any atom is 0.138 e. The van der Waals surface area contributed by atoms with Gasteiger partial charge in [-0.25, -0.2) is 0 Å². The van der Waals surface area contributed by atoms with Gasteiger partial charge in [-0.15, -0.1) is 0 Å². The molecule has 0 radical (unpaired) electrons. The quantitative estimate of drug-likeness (QED) is 0.536. The van der Waals surface area contributed by atoms with Crippen molar-refractivity contribution in [2.24, 2.45) is 13.0 Å². The molecular weight excluding hydrogens is 386 g/mol. The van der Waals surface area contributed by atoms with Crippen molar-refractivity contribution in [2.45, 2.75) is 6.42 Å². The fraction of sp³-hybridized carbons (Fsp3) is 0.240. The molecule has 6 nitrogen and oxygen atoms in total. The molecule has 2 aromatic heterocycles. The van der Waals surface area contributed by atoms with Crippen LogP contribution >= 0.6 is 0 Å². The lowest BCUT2D eigenvalue weighted by Gasteiger charge is -2.14. The molecule has 154 valence electrons. The number of nitrogens with zero attached hydrogens (tertiary/aromatic N) is 4. The van der Waals surface area contributed by atoms with E-state index < -0.39 is 0 Å². The summed E-state index contributed by atoms with van der Waals surface area (Å²) in [5.74, 6) is 1.29. The largest absolute Gasteiger partial charge is 0.492 e. The molecule has 1 atom stereocenters. The van der Waals surface area contributed by atoms with Crippen molar-refractivity contribution in [3.8, 4) is 34.2 Å². The van der Waals surface area contributed by atoms with E-state index >= 15 is 0 Å². The van der Waals surface area contributed by atoms with Crippen LogP contribution in [0.3, 0.4) is 0 Å². The van der Waals surface area contributed by atoms with E-state index in [2.05, 4.69) is 40.8 Å². The molecule has 3 heterocycles. The molecular formula is C25H23N5O. The first kappa shape index (κ1) is 19.3. The van der Waals surface area contributed by atoms with Crippen LogP contribution in [0.2, 0.25) is 0 Å². The lowest BCUT2D eigenvalue weighted by Crippen LogP contribution is -2.15. The summed E-state index contributed by atoms with van der Waals surface area (Å²) < 4.78 is 7.91. The second-order valence-electron chi connectivity index (χ2n) is 8.00. The standard InChI is InChI=1S/C25H23N5O/c1-30-15-21-7-6-20(10-24(21)29-30)25-23(19-4-2-17(12-26)3-5-19)11-22(14-28-25)31-16-18-8-9-27-13-18/h2-7,10-11,14-15,18,27H,8-9,13,16H2,1H3. The van der Waals surface area contributed by atoms with Gasteiger partial charge in [-0.05, 0) is 42.8 Å². The predicted octanol–water partition coefficient (Wildman–Crippen LogP) is 4.16. The van der Waals surface area contributed by atoms with Crippen LogP contribution in [0.15, 0.2) is 60.9 Å². The first-order chi connectivity index (χ1) is 15.2. The smallest absolute Gasteiger partial charge is 0.138 e. The van der Waals surface area contributed by atoms with Crippen LogP contribution in [-0.4, -0.2) is 34.5 Å². The van der Waals surface area contributed by atoms with Gasteiger partial charge in [0.15, 0.2) is 0 Å². The van der Waals surface area contributed by atoms with Crippen LogP contribution in [0.25, 0.3) is 33.3 Å². The molecule has 4 aromatic rings. The van der Waals surface area contributed by atoms with Gasteiger partial charge in [-0.3, -0.25) is 9.67 Å². The normalized spacial score (nSPS) is 15.8. The molecule has 6 heteroatoms. The minimum Gasteiger partial charge on any atom is -0.492 e. The van der Waals surface area contributed by atoms with E-state index in [1.165, 1.54) is 0 Å². The third-order valence-corrected chi connectivity index (χ3v) is 5.73. The Balaban J connectivity index is 1.55. The van der Waals surface area contributed by atoms with E-state index in [9.17, 15) is 0 Å². The van der Waals surface area contributed by atoms with Gasteiger partial charge in [0, 0.05) is 42.2 Å². The van der Waals surface area contributed by atoms with E-state index in [1.54, 1.807) is 6.20 Å². The van der Waals surface area contributed by atoms with Crippen molar-refractivity contribution in [3.05, 3.63) is 66.5 Å². The number of pyridine rings is 1. The highest BCUT2D eigenvalue weighted by Crippen LogP contribution is 2.34. The number of hydrogen-bond acceptors (Lipinski definition) is 5. The summed E-state index contributed by atoms with van der Waals surface area (Å²) in [4.78, 5) is 4.79. The van der Waals surface area contributed by atoms with Crippen LogP contribution < -0.4 is 10.1 Å². The van der Waals surface area contributed by atoms with Gasteiger partial charge < -0.3 is 10.1 Å². The van der Waals surface area contributed by atoms with Crippen molar-refractivity contribution in [1.29, 1.82) is 5.26 Å². The van der Waals surface area contributed by atoms with Gasteiger partial charge in [-0.1, -0.05) is 24.3 Å². The van der Waals surface area contributed by atoms with Gasteiger partial charge in [0.05, 0.1) is 35.6 Å². The van der Waals surface area contributed by atoms with E-state index in [0.29, 0.717) is 18.1 Å². The fourth-order valence-electron chi connectivity index (χ4n) is 4.06. The van der Waals surface area contributed by atoms with E-state index in [-0.39, 0.29) is 0 Å². The summed E-state index contributed by atoms with van der Waals surface area (Å²) in [7, 11) is 1.92. The Kier molecular flexibility index (Phi) is 5.11. The average molecular weight is 409 g/mol. The number of aryl methyl sites for hydroxylation is 1. The number of fused-ring (bicyclic) bond motifs is 1. The third-order valence-electron chi connectivity index (χ3n) is 5.73. The maximum atomic E-state index is 9.16. The van der Waals surface area contributed by atoms with Crippen molar-refractivity contribution >= 4 is 10.9 Å². The Labute approximate surface area is 181 Å². The van der Waals surface area contributed by atoms with Gasteiger partial charge in [-0.2, -0.15) is 10.4 Å². The van der Waals surface area contributed by atoms with E-state index in [1.807, 2.05) is 42.2 Å². The monoisotopic (exact) mass is 409 g/mol. The number of aromatic nitrogens is 3. The van der Waals surface area contributed by atoms with Crippen molar-refractivity contribution in [3.63, 3.8) is 0 Å². The van der Waals surface area contributed by atoms with Crippen LogP contribution in [0.1, 0.15) is 12.0 Å². The number of nitrogens with one attached hydrogen (secondary N) is 1. The zero-order chi connectivity index (χ0) is 21.2. The summed E-state index contributed by atoms with van der Waals surface area (Å²) in [6, 6.07) is 18.0. The molecule has 0 bridgehead atoms. The molecule has 0 spiro atoms. The minimum atomic E-state index is 0.532. The molecule has 1 fully saturated rings. The molecule has 0 amide bonds. The molecule has 0 saturated carbocycles. The zero-order valence-corrected chi connectivity index (χ0v) is 17.4. The number of benzene rings is 2. The Bertz CT molecular complexity index is 1260. The SMILES string of the molecule is Cn1cc2ccc(-c3ncc(OCC4CCNC4)cc3-c3ccc(C#N)cc3)cc2n1. The van der Waals surface area contributed by atoms with Crippen LogP contribution in [0.4, 0.5) is 0 Å². The molecule has 5 rings (SSSR count). The second kappa shape index (κ2) is 8.21. The summed E-state index contributed by atoms with van der Waals surface area (Å²) in [6.07, 6.45) is 4.94. The summed E-state index contributed by atoms with van der Waals surface area (Å²) in [5, 5.41) is 18.2. The van der Waals surface area contributed by atoms with Gasteiger partial charge >= 0.3 is 0 Å². The highest BCUT2D eigenvalue weighted by molar-refractivity contribution is 5.88. The molecule has 1 aliphatic rings. The van der Waals surface area contributed by atoms with E-state index in [4.69, 9.17) is 15.0 Å². The average Bonchev–Trinajstić information content (AvgIpc) is 3.45. The highest BCUT2D eigenvalue weighted by atomic mass is 16.5. The predicted molar refractivity (Wildman–Crippen MR) is 121 cm³/mol. The summed E-state index contributed by atoms with van der Waals surface area (Å²) in [6.45, 7) is 2.73. The molecule has 2 aromatic carbocycles. The Morgan fingerprint density at radius 2 is 2.00 bits per heavy atom. The lowest BCUT2D eigenvalue weighted by molar-refractivity contribution is 0.259. The van der Waals surface area contributed by atoms with Gasteiger partial charge in [0.2, 0.25) is 0 Å². The first-order valence-electron chi connectivity index (χ1n) is 10.5. The van der Waals surface area contributed by atoms with Crippen LogP contribution in [-0.2, 0) is 7.05 Å². The summed E-state index contributed by atoms with van der Waals surface area (Å²) >= 11 is 0. The first-order valence-corrected chi connectivity index (χ1v) is 10.5. The molecule has 1 unspecified atom stereocenters. The Hall–Kier alpha value is -3.69. The number of ether oxygens (including phenoxy) is 1. The molecule has 0 aliphatic carbocycles. The van der Waals surface area contributed by atoms with Crippen LogP contribution in [0, 0.1) is 17.2 Å². The number of hydrogen-bond donors (Lipinski definition) is 1. The second-order valence-corrected chi connectivity index (χ2v) is 8.00. The van der Waals surface area contributed by atoms with Crippen LogP contribution in [0.5, 0.6) is 5.75 Å². The number of rotatable bonds is 5. The molecule has 1 N–H and O–H groups in total. The fourth-order valence-corrected chi connectivity index (χ4v) is 4.06. The zero-order valence-electron chi connectivity index (χ0n) is 17.4. The Morgan fingerprint density at radius 1 is 1.16 bits per heavy atom. The maximum absolute atomic E-state index is 9.16. The highest BCUT2D eigenvalue weighted by Gasteiger charge is 2.17. The summed E-state index contributed by atoms with van der Waals surface area (Å²) in [5.41, 5.74) is 5.40. The molecule has 1 saturated heterocycles. The molecule has 31 heavy (non-hydrogen) atoms. The minimum absolute atomic E-state index is 0.532. The van der Waals surface area contributed by atoms with Gasteiger partial charge in [0.1, 0.15) is 5.75 Å². The Morgan fingerprint density at radius 3 is 2.77 bits per heavy atom.